The average Bonchev–Trinajstić information content (AvgIpc) is 2.95. The largest absolute Gasteiger partial charge is 0.494 e. The van der Waals surface area contributed by atoms with E-state index in [4.69, 9.17) is 4.74 Å². The number of halogens is 1. The molecule has 0 atom stereocenters. The Hall–Kier alpha value is -3.75. The van der Waals surface area contributed by atoms with Crippen molar-refractivity contribution in [2.45, 2.75) is 25.8 Å². The molecule has 0 bridgehead atoms. The highest BCUT2D eigenvalue weighted by atomic mass is 79.9. The maximum Gasteiger partial charge on any atom is 0.229 e. The molecule has 42 heavy (non-hydrogen) atoms. The van der Waals surface area contributed by atoms with Crippen LogP contribution in [0.25, 0.3) is 11.0 Å². The van der Waals surface area contributed by atoms with E-state index >= 15 is 0 Å². The third kappa shape index (κ3) is 6.66. The van der Waals surface area contributed by atoms with Crippen LogP contribution >= 0.6 is 15.9 Å². The molecule has 0 amide bonds. The number of hydrogen-bond acceptors (Lipinski definition) is 11. The van der Waals surface area contributed by atoms with E-state index in [-0.39, 0.29) is 5.69 Å². The van der Waals surface area contributed by atoms with E-state index in [1.54, 1.807) is 31.6 Å². The smallest absolute Gasteiger partial charge is 0.229 e. The van der Waals surface area contributed by atoms with Gasteiger partial charge >= 0.3 is 0 Å². The summed E-state index contributed by atoms with van der Waals surface area (Å²) in [6, 6.07) is 8.18. The third-order valence-corrected chi connectivity index (χ3v) is 8.38. The number of anilines is 6. The molecule has 12 nitrogen and oxygen atoms in total. The fourth-order valence-electron chi connectivity index (χ4n) is 5.10. The van der Waals surface area contributed by atoms with E-state index in [1.165, 1.54) is 6.20 Å². The second-order valence-electron chi connectivity index (χ2n) is 10.4. The Labute approximate surface area is 254 Å². The van der Waals surface area contributed by atoms with Crippen molar-refractivity contribution in [1.29, 1.82) is 0 Å². The summed E-state index contributed by atoms with van der Waals surface area (Å²) in [7, 11) is 2.32. The highest BCUT2D eigenvalue weighted by Gasteiger charge is 2.23. The van der Waals surface area contributed by atoms with Crippen molar-refractivity contribution < 1.29 is 13.2 Å². The second-order valence-corrected chi connectivity index (χ2v) is 13.1. The van der Waals surface area contributed by atoms with E-state index in [1.807, 2.05) is 6.07 Å². The van der Waals surface area contributed by atoms with Crippen molar-refractivity contribution in [3.05, 3.63) is 52.9 Å². The number of hydrogen-bond donors (Lipinski definition) is 3. The molecular weight excluding hydrogens is 622 g/mol. The number of nitrogens with zero attached hydrogens (tertiary/aromatic N) is 6. The van der Waals surface area contributed by atoms with Crippen molar-refractivity contribution in [1.82, 2.24) is 24.8 Å². The van der Waals surface area contributed by atoms with Crippen LogP contribution in [0.15, 0.2) is 47.3 Å². The van der Waals surface area contributed by atoms with Gasteiger partial charge in [0.25, 0.3) is 0 Å². The van der Waals surface area contributed by atoms with Crippen LogP contribution in [-0.4, -0.2) is 79.8 Å². The summed E-state index contributed by atoms with van der Waals surface area (Å²) in [4.78, 5) is 22.4. The van der Waals surface area contributed by atoms with Gasteiger partial charge in [0.2, 0.25) is 16.0 Å². The first-order chi connectivity index (χ1) is 20.0. The molecule has 0 unspecified atom stereocenters. The van der Waals surface area contributed by atoms with Crippen LogP contribution < -0.4 is 25.0 Å². The predicted molar refractivity (Wildman–Crippen MR) is 171 cm³/mol. The van der Waals surface area contributed by atoms with Gasteiger partial charge in [-0.05, 0) is 73.6 Å². The van der Waals surface area contributed by atoms with E-state index in [0.29, 0.717) is 44.8 Å². The zero-order chi connectivity index (χ0) is 30.0. The maximum atomic E-state index is 12.2. The molecule has 1 aliphatic rings. The fraction of sp³-hybridized carbons (Fsp3) is 0.357. The minimum atomic E-state index is -3.61. The van der Waals surface area contributed by atoms with E-state index in [9.17, 15) is 8.42 Å². The zero-order valence-corrected chi connectivity index (χ0v) is 26.5. The average molecular weight is 657 g/mol. The number of benzene rings is 2. The predicted octanol–water partition coefficient (Wildman–Crippen LogP) is 4.89. The Bertz CT molecular complexity index is 1710. The number of ether oxygens (including phenoxy) is 1. The molecule has 1 aliphatic heterocycles. The van der Waals surface area contributed by atoms with Gasteiger partial charge in [0, 0.05) is 49.5 Å². The van der Waals surface area contributed by atoms with Crippen LogP contribution in [0, 0.1) is 6.92 Å². The summed E-state index contributed by atoms with van der Waals surface area (Å²) >= 11 is 3.50. The molecule has 3 N–H and O–H groups in total. The number of aryl methyl sites for hydroxylation is 1. The van der Waals surface area contributed by atoms with Crippen LogP contribution in [0.1, 0.15) is 18.4 Å². The lowest BCUT2D eigenvalue weighted by Gasteiger charge is -2.37. The van der Waals surface area contributed by atoms with Gasteiger partial charge in [0.1, 0.15) is 17.1 Å². The molecule has 1 saturated heterocycles. The monoisotopic (exact) mass is 655 g/mol. The van der Waals surface area contributed by atoms with Gasteiger partial charge in [-0.25, -0.2) is 13.4 Å². The van der Waals surface area contributed by atoms with Crippen LogP contribution in [0.5, 0.6) is 5.75 Å². The number of fused-ring (bicyclic) bond motifs is 1. The normalized spacial score (nSPS) is 14.3. The summed E-state index contributed by atoms with van der Waals surface area (Å²) < 4.78 is 33.3. The Balaban J connectivity index is 1.42. The zero-order valence-electron chi connectivity index (χ0n) is 24.1. The molecule has 5 rings (SSSR count). The van der Waals surface area contributed by atoms with E-state index in [0.717, 1.165) is 49.1 Å². The molecule has 4 aromatic rings. The number of sulfonamides is 1. The summed E-state index contributed by atoms with van der Waals surface area (Å²) in [6.07, 6.45) is 7.99. The summed E-state index contributed by atoms with van der Waals surface area (Å²) in [6.45, 7) is 4.06. The molecule has 14 heteroatoms. The maximum absolute atomic E-state index is 12.2. The van der Waals surface area contributed by atoms with E-state index < -0.39 is 10.0 Å². The van der Waals surface area contributed by atoms with Gasteiger partial charge in [-0.1, -0.05) is 0 Å². The standard InChI is InChI=1S/C28H34BrN9O3S/c1-17-14-22(24(41-4)15-23(17)38-12-8-18(9-13-38)37(2)3)34-28-32-16-19(29)27(35-28)33-21-7-6-20-25(31-11-10-30-20)26(21)36-42(5,39)40/h6-7,10-11,14-16,18,36H,8-9,12-13H2,1-5H3,(H2,32,33,34,35). The van der Waals surface area contributed by atoms with Gasteiger partial charge in [-0.2, -0.15) is 4.98 Å². The molecule has 0 aliphatic carbocycles. The highest BCUT2D eigenvalue weighted by Crippen LogP contribution is 2.37. The molecule has 0 radical (unpaired) electrons. The van der Waals surface area contributed by atoms with Crippen molar-refractivity contribution in [3.8, 4) is 5.75 Å². The lowest BCUT2D eigenvalue weighted by Crippen LogP contribution is -2.42. The minimum absolute atomic E-state index is 0.269. The molecular formula is C28H34BrN9O3S. The molecule has 222 valence electrons. The quantitative estimate of drug-likeness (QED) is 0.227. The fourth-order valence-corrected chi connectivity index (χ4v) is 5.97. The molecule has 2 aromatic carbocycles. The number of nitrogens with one attached hydrogen (secondary N) is 3. The topological polar surface area (TPSA) is 138 Å². The van der Waals surface area contributed by atoms with Crippen molar-refractivity contribution in [3.63, 3.8) is 0 Å². The first-order valence-electron chi connectivity index (χ1n) is 13.4. The van der Waals surface area contributed by atoms with Crippen molar-refractivity contribution in [2.75, 3.05) is 60.8 Å². The second kappa shape index (κ2) is 12.2. The first kappa shape index (κ1) is 29.7. The molecule has 3 heterocycles. The molecule has 1 fully saturated rings. The van der Waals surface area contributed by atoms with Crippen LogP contribution in [0.3, 0.4) is 0 Å². The Kier molecular flexibility index (Phi) is 8.66. The summed E-state index contributed by atoms with van der Waals surface area (Å²) in [5, 5.41) is 6.50. The van der Waals surface area contributed by atoms with Gasteiger partial charge in [-0.15, -0.1) is 0 Å². The first-order valence-corrected chi connectivity index (χ1v) is 16.1. The Morgan fingerprint density at radius 2 is 1.79 bits per heavy atom. The van der Waals surface area contributed by atoms with Crippen LogP contribution in [0.4, 0.5) is 34.5 Å². The summed E-state index contributed by atoms with van der Waals surface area (Å²) in [5.74, 6) is 1.43. The lowest BCUT2D eigenvalue weighted by atomic mass is 10.0. The molecule has 0 saturated carbocycles. The van der Waals surface area contributed by atoms with Crippen molar-refractivity contribution in [2.24, 2.45) is 0 Å². The number of rotatable bonds is 9. The lowest BCUT2D eigenvalue weighted by molar-refractivity contribution is 0.249. The number of methoxy groups -OCH3 is 1. The van der Waals surface area contributed by atoms with Gasteiger partial charge in [0.15, 0.2) is 0 Å². The summed E-state index contributed by atoms with van der Waals surface area (Å²) in [5.41, 5.74) is 4.68. The minimum Gasteiger partial charge on any atom is -0.494 e. The molecule has 0 spiro atoms. The van der Waals surface area contributed by atoms with Crippen molar-refractivity contribution >= 4 is 71.5 Å². The van der Waals surface area contributed by atoms with Gasteiger partial charge < -0.3 is 25.2 Å². The highest BCUT2D eigenvalue weighted by molar-refractivity contribution is 9.10. The SMILES string of the molecule is COc1cc(N2CCC(N(C)C)CC2)c(C)cc1Nc1ncc(Br)c(Nc2ccc3nccnc3c2NS(C)(=O)=O)n1. The van der Waals surface area contributed by atoms with Crippen LogP contribution in [-0.2, 0) is 10.0 Å². The van der Waals surface area contributed by atoms with Crippen LogP contribution in [0.2, 0.25) is 0 Å². The van der Waals surface area contributed by atoms with Gasteiger partial charge in [0.05, 0.1) is 40.4 Å². The van der Waals surface area contributed by atoms with E-state index in [2.05, 4.69) is 88.1 Å². The number of piperidine rings is 1. The van der Waals surface area contributed by atoms with Gasteiger partial charge in [-0.3, -0.25) is 14.7 Å². The Morgan fingerprint density at radius 1 is 1.05 bits per heavy atom. The third-order valence-electron chi connectivity index (χ3n) is 7.23. The molecule has 2 aromatic heterocycles. The Morgan fingerprint density at radius 3 is 2.48 bits per heavy atom. The number of aromatic nitrogens is 4.